The van der Waals surface area contributed by atoms with Gasteiger partial charge in [0.15, 0.2) is 0 Å². The van der Waals surface area contributed by atoms with Crippen molar-refractivity contribution in [3.63, 3.8) is 0 Å². The summed E-state index contributed by atoms with van der Waals surface area (Å²) in [6.45, 7) is 6.21. The van der Waals surface area contributed by atoms with Crippen LogP contribution in [-0.2, 0) is 10.0 Å². The quantitative estimate of drug-likeness (QED) is 0.573. The minimum atomic E-state index is -3.75. The van der Waals surface area contributed by atoms with E-state index in [1.165, 1.54) is 12.1 Å². The van der Waals surface area contributed by atoms with Crippen molar-refractivity contribution in [2.45, 2.75) is 25.7 Å². The first-order valence-electron chi connectivity index (χ1n) is 9.53. The van der Waals surface area contributed by atoms with Crippen LogP contribution in [0.2, 0.25) is 0 Å². The van der Waals surface area contributed by atoms with Crippen LogP contribution in [0.1, 0.15) is 28.4 Å². The Balaban J connectivity index is 1.71. The second kappa shape index (κ2) is 9.00. The molecular formula is C23H24N2O4S. The Bertz CT molecular complexity index is 1140. The van der Waals surface area contributed by atoms with E-state index >= 15 is 0 Å². The number of carbonyl (C=O) groups excluding carboxylic acids is 1. The van der Waals surface area contributed by atoms with Gasteiger partial charge in [-0.2, -0.15) is 0 Å². The Morgan fingerprint density at radius 1 is 0.900 bits per heavy atom. The second-order valence-corrected chi connectivity index (χ2v) is 8.54. The molecule has 3 aromatic carbocycles. The predicted molar refractivity (Wildman–Crippen MR) is 119 cm³/mol. The molecule has 0 saturated carbocycles. The number of hydrogen-bond acceptors (Lipinski definition) is 4. The maximum atomic E-state index is 12.6. The molecular weight excluding hydrogens is 400 g/mol. The number of sulfonamides is 1. The normalized spacial score (nSPS) is 11.0. The van der Waals surface area contributed by atoms with Gasteiger partial charge < -0.3 is 10.1 Å². The molecule has 2 N–H and O–H groups in total. The van der Waals surface area contributed by atoms with Crippen LogP contribution >= 0.6 is 0 Å². The molecule has 0 heterocycles. The van der Waals surface area contributed by atoms with Gasteiger partial charge in [-0.05, 0) is 80.9 Å². The minimum absolute atomic E-state index is 0.0983. The monoisotopic (exact) mass is 424 g/mol. The van der Waals surface area contributed by atoms with Gasteiger partial charge in [0, 0.05) is 16.9 Å². The molecule has 0 aromatic heterocycles. The highest BCUT2D eigenvalue weighted by atomic mass is 32.2. The third kappa shape index (κ3) is 5.18. The number of hydrogen-bond donors (Lipinski definition) is 2. The number of carbonyl (C=O) groups is 1. The lowest BCUT2D eigenvalue weighted by Crippen LogP contribution is -2.15. The van der Waals surface area contributed by atoms with Crippen molar-refractivity contribution in [3.8, 4) is 5.75 Å². The summed E-state index contributed by atoms with van der Waals surface area (Å²) in [6, 6.07) is 18.4. The molecule has 0 aliphatic rings. The summed E-state index contributed by atoms with van der Waals surface area (Å²) in [5.74, 6) is 0.434. The van der Waals surface area contributed by atoms with Crippen LogP contribution in [-0.4, -0.2) is 20.9 Å². The highest BCUT2D eigenvalue weighted by molar-refractivity contribution is 7.92. The molecule has 0 atom stereocenters. The largest absolute Gasteiger partial charge is 0.494 e. The Morgan fingerprint density at radius 2 is 1.53 bits per heavy atom. The van der Waals surface area contributed by atoms with Gasteiger partial charge >= 0.3 is 0 Å². The smallest absolute Gasteiger partial charge is 0.261 e. The van der Waals surface area contributed by atoms with E-state index in [1.54, 1.807) is 36.4 Å². The van der Waals surface area contributed by atoms with E-state index in [4.69, 9.17) is 4.74 Å². The number of ether oxygens (including phenoxy) is 1. The fourth-order valence-electron chi connectivity index (χ4n) is 2.90. The Labute approximate surface area is 177 Å². The van der Waals surface area contributed by atoms with Gasteiger partial charge in [-0.1, -0.05) is 17.7 Å². The number of benzene rings is 3. The molecule has 1 amide bonds. The van der Waals surface area contributed by atoms with Crippen molar-refractivity contribution in [2.75, 3.05) is 16.6 Å². The lowest BCUT2D eigenvalue weighted by atomic mass is 10.1. The van der Waals surface area contributed by atoms with E-state index < -0.39 is 10.0 Å². The first-order chi connectivity index (χ1) is 14.3. The Kier molecular flexibility index (Phi) is 6.42. The number of nitrogens with one attached hydrogen (secondary N) is 2. The third-order valence-electron chi connectivity index (χ3n) is 4.48. The van der Waals surface area contributed by atoms with Crippen molar-refractivity contribution in [2.24, 2.45) is 0 Å². The summed E-state index contributed by atoms with van der Waals surface area (Å²) in [6.07, 6.45) is 0. The van der Waals surface area contributed by atoms with Crippen LogP contribution in [0.3, 0.4) is 0 Å². The van der Waals surface area contributed by atoms with Crippen LogP contribution in [0.25, 0.3) is 0 Å². The molecule has 0 aliphatic carbocycles. The highest BCUT2D eigenvalue weighted by Gasteiger charge is 2.15. The van der Waals surface area contributed by atoms with Crippen LogP contribution in [0.5, 0.6) is 5.75 Å². The molecule has 0 aliphatic heterocycles. The molecule has 0 bridgehead atoms. The van der Waals surface area contributed by atoms with Crippen LogP contribution in [0.15, 0.2) is 71.6 Å². The first-order valence-corrected chi connectivity index (χ1v) is 11.0. The summed E-state index contributed by atoms with van der Waals surface area (Å²) in [4.78, 5) is 12.6. The molecule has 0 fully saturated rings. The van der Waals surface area contributed by atoms with Gasteiger partial charge in [0.25, 0.3) is 15.9 Å². The maximum absolute atomic E-state index is 12.6. The molecule has 6 nitrogen and oxygen atoms in total. The molecule has 156 valence electrons. The fourth-order valence-corrected chi connectivity index (χ4v) is 3.95. The zero-order chi connectivity index (χ0) is 21.7. The number of amides is 1. The lowest BCUT2D eigenvalue weighted by molar-refractivity contribution is 0.102. The first kappa shape index (κ1) is 21.4. The second-order valence-electron chi connectivity index (χ2n) is 6.86. The highest BCUT2D eigenvalue weighted by Crippen LogP contribution is 2.21. The maximum Gasteiger partial charge on any atom is 0.261 e. The zero-order valence-corrected chi connectivity index (χ0v) is 17.9. The fraction of sp³-hybridized carbons (Fsp3) is 0.174. The lowest BCUT2D eigenvalue weighted by Gasteiger charge is -2.11. The SMILES string of the molecule is CCOc1ccc(NS(=O)(=O)c2ccc(NC(=O)c3cc(C)ccc3C)cc2)cc1. The Morgan fingerprint density at radius 3 is 2.17 bits per heavy atom. The van der Waals surface area contributed by atoms with E-state index in [0.29, 0.717) is 29.3 Å². The summed E-state index contributed by atoms with van der Waals surface area (Å²) in [5, 5.41) is 2.80. The van der Waals surface area contributed by atoms with Crippen LogP contribution < -0.4 is 14.8 Å². The van der Waals surface area contributed by atoms with Gasteiger partial charge in [-0.25, -0.2) is 8.42 Å². The number of rotatable bonds is 7. The summed E-state index contributed by atoms with van der Waals surface area (Å²) < 4.78 is 33.1. The molecule has 0 radical (unpaired) electrons. The van der Waals surface area contributed by atoms with Crippen LogP contribution in [0, 0.1) is 13.8 Å². The molecule has 7 heteroatoms. The number of anilines is 2. The Hall–Kier alpha value is -3.32. The average Bonchev–Trinajstić information content (AvgIpc) is 2.71. The summed E-state index contributed by atoms with van der Waals surface area (Å²) in [7, 11) is -3.75. The standard InChI is InChI=1S/C23H24N2O4S/c1-4-29-20-11-7-19(8-12-20)25-30(27,28)21-13-9-18(10-14-21)24-23(26)22-15-16(2)5-6-17(22)3/h5-15,25H,4H2,1-3H3,(H,24,26). The average molecular weight is 425 g/mol. The van der Waals surface area contributed by atoms with Crippen molar-refractivity contribution in [1.82, 2.24) is 0 Å². The van der Waals surface area contributed by atoms with Crippen molar-refractivity contribution in [1.29, 1.82) is 0 Å². The van der Waals surface area contributed by atoms with Crippen molar-refractivity contribution in [3.05, 3.63) is 83.4 Å². The van der Waals surface area contributed by atoms with E-state index in [2.05, 4.69) is 10.0 Å². The predicted octanol–water partition coefficient (Wildman–Crippen LogP) is 4.76. The molecule has 0 spiro atoms. The molecule has 30 heavy (non-hydrogen) atoms. The van der Waals surface area contributed by atoms with Gasteiger partial charge in [0.2, 0.25) is 0 Å². The van der Waals surface area contributed by atoms with Gasteiger partial charge in [0.1, 0.15) is 5.75 Å². The summed E-state index contributed by atoms with van der Waals surface area (Å²) in [5.41, 5.74) is 3.40. The summed E-state index contributed by atoms with van der Waals surface area (Å²) >= 11 is 0. The zero-order valence-electron chi connectivity index (χ0n) is 17.1. The van der Waals surface area contributed by atoms with Crippen molar-refractivity contribution >= 4 is 27.3 Å². The molecule has 3 aromatic rings. The van der Waals surface area contributed by atoms with E-state index in [9.17, 15) is 13.2 Å². The van der Waals surface area contributed by atoms with Crippen molar-refractivity contribution < 1.29 is 17.9 Å². The topological polar surface area (TPSA) is 84.5 Å². The van der Waals surface area contributed by atoms with E-state index in [-0.39, 0.29) is 10.8 Å². The van der Waals surface area contributed by atoms with E-state index in [0.717, 1.165) is 11.1 Å². The third-order valence-corrected chi connectivity index (χ3v) is 5.87. The minimum Gasteiger partial charge on any atom is -0.494 e. The van der Waals surface area contributed by atoms with Gasteiger partial charge in [-0.3, -0.25) is 9.52 Å². The van der Waals surface area contributed by atoms with E-state index in [1.807, 2.05) is 39.0 Å². The van der Waals surface area contributed by atoms with Gasteiger partial charge in [-0.15, -0.1) is 0 Å². The van der Waals surface area contributed by atoms with Crippen LogP contribution in [0.4, 0.5) is 11.4 Å². The molecule has 3 rings (SSSR count). The molecule has 0 unspecified atom stereocenters. The van der Waals surface area contributed by atoms with Gasteiger partial charge in [0.05, 0.1) is 11.5 Å². The number of aryl methyl sites for hydroxylation is 2. The molecule has 0 saturated heterocycles.